The van der Waals surface area contributed by atoms with Crippen molar-refractivity contribution in [3.8, 4) is 16.9 Å². The van der Waals surface area contributed by atoms with E-state index in [0.717, 1.165) is 17.5 Å². The van der Waals surface area contributed by atoms with E-state index in [1.807, 2.05) is 24.3 Å². The van der Waals surface area contributed by atoms with Gasteiger partial charge in [-0.3, -0.25) is 4.79 Å². The van der Waals surface area contributed by atoms with Crippen molar-refractivity contribution in [1.82, 2.24) is 0 Å². The normalized spacial score (nSPS) is 12.0. The Bertz CT molecular complexity index is 632. The first-order valence-corrected chi connectivity index (χ1v) is 7.15. The Balaban J connectivity index is 2.44. The van der Waals surface area contributed by atoms with E-state index in [0.29, 0.717) is 17.2 Å². The van der Waals surface area contributed by atoms with Crippen LogP contribution in [-0.4, -0.2) is 13.0 Å². The molecule has 0 radical (unpaired) electrons. The molecule has 0 heterocycles. The molecule has 1 atom stereocenters. The van der Waals surface area contributed by atoms with Gasteiger partial charge in [-0.15, -0.1) is 0 Å². The highest BCUT2D eigenvalue weighted by atomic mass is 16.5. The average Bonchev–Trinajstić information content (AvgIpc) is 2.53. The number of benzene rings is 2. The monoisotopic (exact) mass is 283 g/mol. The number of primary amides is 1. The van der Waals surface area contributed by atoms with Crippen LogP contribution in [0.5, 0.6) is 5.75 Å². The summed E-state index contributed by atoms with van der Waals surface area (Å²) in [6.45, 7) is 4.38. The number of ether oxygens (including phenoxy) is 1. The molecule has 0 bridgehead atoms. The Labute approximate surface area is 125 Å². The highest BCUT2D eigenvalue weighted by Crippen LogP contribution is 2.29. The van der Waals surface area contributed by atoms with E-state index in [9.17, 15) is 4.79 Å². The summed E-state index contributed by atoms with van der Waals surface area (Å²) in [4.78, 5) is 11.7. The van der Waals surface area contributed by atoms with Crippen LogP contribution in [0, 0.1) is 0 Å². The van der Waals surface area contributed by atoms with Gasteiger partial charge in [0.15, 0.2) is 0 Å². The first kappa shape index (κ1) is 15.1. The van der Waals surface area contributed by atoms with Crippen LogP contribution in [0.1, 0.15) is 42.1 Å². The lowest BCUT2D eigenvalue weighted by atomic mass is 9.94. The highest BCUT2D eigenvalue weighted by molar-refractivity contribution is 6.00. The van der Waals surface area contributed by atoms with Crippen LogP contribution in [0.15, 0.2) is 42.5 Å². The van der Waals surface area contributed by atoms with Crippen molar-refractivity contribution in [2.45, 2.75) is 26.2 Å². The molecule has 21 heavy (non-hydrogen) atoms. The third-order valence-electron chi connectivity index (χ3n) is 3.90. The summed E-state index contributed by atoms with van der Waals surface area (Å²) in [6, 6.07) is 13.7. The Kier molecular flexibility index (Phi) is 4.63. The molecule has 2 aromatic rings. The van der Waals surface area contributed by atoms with E-state index < -0.39 is 5.91 Å². The zero-order chi connectivity index (χ0) is 15.4. The zero-order valence-electron chi connectivity index (χ0n) is 12.7. The third kappa shape index (κ3) is 3.24. The molecule has 2 rings (SSSR count). The van der Waals surface area contributed by atoms with Crippen LogP contribution in [0.25, 0.3) is 11.1 Å². The molecule has 2 aromatic carbocycles. The lowest BCUT2D eigenvalue weighted by molar-refractivity contribution is 0.100. The van der Waals surface area contributed by atoms with Gasteiger partial charge < -0.3 is 10.5 Å². The quantitative estimate of drug-likeness (QED) is 0.902. The first-order valence-electron chi connectivity index (χ1n) is 7.15. The predicted octanol–water partition coefficient (Wildman–Crippen LogP) is 3.97. The lowest BCUT2D eigenvalue weighted by Crippen LogP contribution is -2.12. The maximum absolute atomic E-state index is 11.7. The van der Waals surface area contributed by atoms with Crippen molar-refractivity contribution in [3.05, 3.63) is 53.6 Å². The zero-order valence-corrected chi connectivity index (χ0v) is 12.7. The fourth-order valence-corrected chi connectivity index (χ4v) is 2.33. The number of nitrogens with two attached hydrogens (primary N) is 1. The minimum absolute atomic E-state index is 0.449. The van der Waals surface area contributed by atoms with Gasteiger partial charge in [-0.05, 0) is 47.2 Å². The lowest BCUT2D eigenvalue weighted by Gasteiger charge is -2.12. The average molecular weight is 283 g/mol. The molecule has 3 heteroatoms. The molecule has 1 amide bonds. The van der Waals surface area contributed by atoms with Gasteiger partial charge >= 0.3 is 0 Å². The van der Waals surface area contributed by atoms with Gasteiger partial charge in [-0.2, -0.15) is 0 Å². The maximum Gasteiger partial charge on any atom is 0.249 e. The highest BCUT2D eigenvalue weighted by Gasteiger charge is 2.12. The molecule has 0 aromatic heterocycles. The predicted molar refractivity (Wildman–Crippen MR) is 85.7 cm³/mol. The topological polar surface area (TPSA) is 52.3 Å². The van der Waals surface area contributed by atoms with Crippen LogP contribution >= 0.6 is 0 Å². The molecule has 1 unspecified atom stereocenters. The van der Waals surface area contributed by atoms with Crippen molar-refractivity contribution in [2.24, 2.45) is 5.73 Å². The molecule has 0 saturated heterocycles. The van der Waals surface area contributed by atoms with Crippen LogP contribution in [0.4, 0.5) is 0 Å². The Morgan fingerprint density at radius 1 is 1.19 bits per heavy atom. The van der Waals surface area contributed by atoms with E-state index in [1.54, 1.807) is 13.2 Å². The van der Waals surface area contributed by atoms with Gasteiger partial charge in [-0.25, -0.2) is 0 Å². The molecule has 0 spiro atoms. The molecule has 0 saturated carbocycles. The molecule has 0 aliphatic rings. The van der Waals surface area contributed by atoms with Crippen molar-refractivity contribution in [1.29, 1.82) is 0 Å². The van der Waals surface area contributed by atoms with Gasteiger partial charge in [-0.1, -0.05) is 38.1 Å². The van der Waals surface area contributed by atoms with Crippen LogP contribution in [-0.2, 0) is 0 Å². The van der Waals surface area contributed by atoms with Crippen molar-refractivity contribution in [3.63, 3.8) is 0 Å². The van der Waals surface area contributed by atoms with E-state index in [4.69, 9.17) is 10.5 Å². The third-order valence-corrected chi connectivity index (χ3v) is 3.90. The summed E-state index contributed by atoms with van der Waals surface area (Å²) in [6.07, 6.45) is 1.11. The number of hydrogen-bond donors (Lipinski definition) is 1. The van der Waals surface area contributed by atoms with Gasteiger partial charge in [0, 0.05) is 0 Å². The molecule has 0 fully saturated rings. The Morgan fingerprint density at radius 3 is 2.38 bits per heavy atom. The number of methoxy groups -OCH3 is 1. The van der Waals surface area contributed by atoms with Gasteiger partial charge in [0.05, 0.1) is 12.7 Å². The Hall–Kier alpha value is -2.29. The van der Waals surface area contributed by atoms with Gasteiger partial charge in [0.1, 0.15) is 5.75 Å². The first-order chi connectivity index (χ1) is 10.1. The van der Waals surface area contributed by atoms with Crippen molar-refractivity contribution in [2.75, 3.05) is 7.11 Å². The summed E-state index contributed by atoms with van der Waals surface area (Å²) in [7, 11) is 1.57. The summed E-state index contributed by atoms with van der Waals surface area (Å²) >= 11 is 0. The second-order valence-electron chi connectivity index (χ2n) is 5.21. The second-order valence-corrected chi connectivity index (χ2v) is 5.21. The van der Waals surface area contributed by atoms with E-state index in [-0.39, 0.29) is 0 Å². The molecule has 2 N–H and O–H groups in total. The fraction of sp³-hybridized carbons (Fsp3) is 0.278. The molecule has 0 aliphatic carbocycles. The van der Waals surface area contributed by atoms with E-state index in [1.165, 1.54) is 5.56 Å². The number of carbonyl (C=O) groups is 1. The second kappa shape index (κ2) is 6.44. The molecule has 0 aliphatic heterocycles. The summed E-state index contributed by atoms with van der Waals surface area (Å²) in [5, 5.41) is 0. The molecular formula is C18H21NO2. The molecule has 3 nitrogen and oxygen atoms in total. The maximum atomic E-state index is 11.7. The van der Waals surface area contributed by atoms with Gasteiger partial charge in [0.25, 0.3) is 0 Å². The number of amides is 1. The smallest absolute Gasteiger partial charge is 0.249 e. The minimum atomic E-state index is -0.449. The van der Waals surface area contributed by atoms with Gasteiger partial charge in [0.2, 0.25) is 5.91 Å². The SMILES string of the molecule is CCC(C)c1ccc(-c2ccc(OC)cc2C(N)=O)cc1. The van der Waals surface area contributed by atoms with Crippen LogP contribution in [0.2, 0.25) is 0 Å². The largest absolute Gasteiger partial charge is 0.497 e. The summed E-state index contributed by atoms with van der Waals surface area (Å²) < 4.78 is 5.15. The summed E-state index contributed by atoms with van der Waals surface area (Å²) in [5.74, 6) is 0.712. The molecular weight excluding hydrogens is 262 g/mol. The van der Waals surface area contributed by atoms with Crippen LogP contribution in [0.3, 0.4) is 0 Å². The Morgan fingerprint density at radius 2 is 1.86 bits per heavy atom. The van der Waals surface area contributed by atoms with Crippen molar-refractivity contribution < 1.29 is 9.53 Å². The number of rotatable bonds is 5. The molecule has 110 valence electrons. The summed E-state index contributed by atoms with van der Waals surface area (Å²) in [5.41, 5.74) is 9.08. The minimum Gasteiger partial charge on any atom is -0.497 e. The number of hydrogen-bond acceptors (Lipinski definition) is 2. The number of carbonyl (C=O) groups excluding carboxylic acids is 1. The van der Waals surface area contributed by atoms with E-state index >= 15 is 0 Å². The van der Waals surface area contributed by atoms with Crippen LogP contribution < -0.4 is 10.5 Å². The standard InChI is InChI=1S/C18H21NO2/c1-4-12(2)13-5-7-14(8-6-13)16-10-9-15(21-3)11-17(16)18(19)20/h5-12H,4H2,1-3H3,(H2,19,20). The van der Waals surface area contributed by atoms with Crippen molar-refractivity contribution >= 4 is 5.91 Å². The van der Waals surface area contributed by atoms with E-state index in [2.05, 4.69) is 26.0 Å². The fourth-order valence-electron chi connectivity index (χ4n) is 2.33.